The Bertz CT molecular complexity index is 208. The molecule has 1 heterocycles. The van der Waals surface area contributed by atoms with Gasteiger partial charge >= 0.3 is 0 Å². The number of nitrogens with zero attached hydrogens (tertiary/aromatic N) is 2. The summed E-state index contributed by atoms with van der Waals surface area (Å²) in [5, 5.41) is 12.9. The predicted molar refractivity (Wildman–Crippen MR) is 38.7 cm³/mol. The molecule has 1 aromatic heterocycles. The largest absolute Gasteiger partial charge is 0.302 e. The van der Waals surface area contributed by atoms with Gasteiger partial charge in [-0.25, -0.2) is 0 Å². The minimum Gasteiger partial charge on any atom is -0.302 e. The number of carbonyl (C=O) groups is 1. The topological polar surface area (TPSA) is 70.7 Å². The summed E-state index contributed by atoms with van der Waals surface area (Å²) < 4.78 is 0. The Labute approximate surface area is 64.2 Å². The molecule has 1 unspecified atom stereocenters. The minimum absolute atomic E-state index is 0.133. The molecule has 0 aliphatic heterocycles. The zero-order valence-corrected chi connectivity index (χ0v) is 6.24. The monoisotopic (exact) mass is 154 g/mol. The fraction of sp³-hybridized carbons (Fsp3) is 0.500. The molecule has 5 nitrogen and oxygen atoms in total. The van der Waals surface area contributed by atoms with Crippen LogP contribution in [0.5, 0.6) is 0 Å². The third-order valence-electron chi connectivity index (χ3n) is 1.27. The van der Waals surface area contributed by atoms with Crippen LogP contribution in [0.2, 0.25) is 0 Å². The van der Waals surface area contributed by atoms with Crippen molar-refractivity contribution >= 4 is 6.29 Å². The Kier molecular flexibility index (Phi) is 2.74. The number of aromatic amines is 1. The van der Waals surface area contributed by atoms with Crippen molar-refractivity contribution in [1.82, 2.24) is 20.7 Å². The van der Waals surface area contributed by atoms with Crippen LogP contribution in [0.4, 0.5) is 0 Å². The van der Waals surface area contributed by atoms with Crippen LogP contribution in [0, 0.1) is 0 Å². The first-order valence-electron chi connectivity index (χ1n) is 3.36. The SMILES string of the molecule is CC(C=O)NCc1cn[nH]n1. The number of rotatable bonds is 4. The van der Waals surface area contributed by atoms with Crippen molar-refractivity contribution in [2.45, 2.75) is 19.5 Å². The molecule has 0 saturated carbocycles. The highest BCUT2D eigenvalue weighted by Crippen LogP contribution is 1.87. The first-order valence-corrected chi connectivity index (χ1v) is 3.36. The lowest BCUT2D eigenvalue weighted by Crippen LogP contribution is -2.26. The van der Waals surface area contributed by atoms with Gasteiger partial charge in [0.2, 0.25) is 0 Å². The quantitative estimate of drug-likeness (QED) is 0.572. The van der Waals surface area contributed by atoms with Crippen LogP contribution in [0.3, 0.4) is 0 Å². The lowest BCUT2D eigenvalue weighted by atomic mass is 10.3. The fourth-order valence-electron chi connectivity index (χ4n) is 0.624. The number of carbonyl (C=O) groups excluding carboxylic acids is 1. The maximum Gasteiger partial charge on any atom is 0.136 e. The van der Waals surface area contributed by atoms with Crippen LogP contribution in [-0.2, 0) is 11.3 Å². The van der Waals surface area contributed by atoms with E-state index in [4.69, 9.17) is 0 Å². The van der Waals surface area contributed by atoms with E-state index in [-0.39, 0.29) is 6.04 Å². The summed E-state index contributed by atoms with van der Waals surface area (Å²) >= 11 is 0. The van der Waals surface area contributed by atoms with Gasteiger partial charge in [0.1, 0.15) is 6.29 Å². The number of hydrogen-bond donors (Lipinski definition) is 2. The van der Waals surface area contributed by atoms with Crippen LogP contribution in [0.15, 0.2) is 6.20 Å². The minimum atomic E-state index is -0.133. The summed E-state index contributed by atoms with van der Waals surface area (Å²) in [7, 11) is 0. The van der Waals surface area contributed by atoms with E-state index < -0.39 is 0 Å². The highest BCUT2D eigenvalue weighted by Gasteiger charge is 1.99. The number of nitrogens with one attached hydrogen (secondary N) is 2. The van der Waals surface area contributed by atoms with Gasteiger partial charge in [-0.15, -0.1) is 0 Å². The van der Waals surface area contributed by atoms with E-state index in [1.54, 1.807) is 13.1 Å². The second kappa shape index (κ2) is 3.82. The van der Waals surface area contributed by atoms with Gasteiger partial charge in [0.05, 0.1) is 17.9 Å². The van der Waals surface area contributed by atoms with Gasteiger partial charge < -0.3 is 10.1 Å². The smallest absolute Gasteiger partial charge is 0.136 e. The van der Waals surface area contributed by atoms with Gasteiger partial charge in [-0.3, -0.25) is 0 Å². The molecule has 11 heavy (non-hydrogen) atoms. The van der Waals surface area contributed by atoms with E-state index >= 15 is 0 Å². The van der Waals surface area contributed by atoms with Crippen molar-refractivity contribution in [3.05, 3.63) is 11.9 Å². The number of aromatic nitrogens is 3. The molecule has 0 aliphatic carbocycles. The van der Waals surface area contributed by atoms with Crippen molar-refractivity contribution in [2.24, 2.45) is 0 Å². The Hall–Kier alpha value is -1.23. The van der Waals surface area contributed by atoms with E-state index in [2.05, 4.69) is 20.7 Å². The molecule has 0 radical (unpaired) electrons. The van der Waals surface area contributed by atoms with Gasteiger partial charge in [-0.1, -0.05) is 0 Å². The highest BCUT2D eigenvalue weighted by molar-refractivity contribution is 5.56. The summed E-state index contributed by atoms with van der Waals surface area (Å²) in [5.41, 5.74) is 0.804. The van der Waals surface area contributed by atoms with Crippen molar-refractivity contribution in [1.29, 1.82) is 0 Å². The molecule has 60 valence electrons. The average molecular weight is 154 g/mol. The summed E-state index contributed by atoms with van der Waals surface area (Å²) in [5.74, 6) is 0. The Morgan fingerprint density at radius 1 is 1.91 bits per heavy atom. The summed E-state index contributed by atoms with van der Waals surface area (Å²) in [6.45, 7) is 2.35. The first kappa shape index (κ1) is 7.87. The molecule has 0 aliphatic rings. The zero-order valence-electron chi connectivity index (χ0n) is 6.24. The molecule has 5 heteroatoms. The molecule has 1 rings (SSSR count). The molecule has 0 saturated heterocycles. The Balaban J connectivity index is 2.28. The van der Waals surface area contributed by atoms with Crippen LogP contribution in [0.25, 0.3) is 0 Å². The molecule has 2 N–H and O–H groups in total. The summed E-state index contributed by atoms with van der Waals surface area (Å²) in [6.07, 6.45) is 2.46. The van der Waals surface area contributed by atoms with Crippen molar-refractivity contribution in [3.63, 3.8) is 0 Å². The standard InChI is InChI=1S/C6H10N4O/c1-5(4-11)7-2-6-3-8-10-9-6/h3-5,7H,2H2,1H3,(H,8,9,10). The Morgan fingerprint density at radius 2 is 2.73 bits per heavy atom. The summed E-state index contributed by atoms with van der Waals surface area (Å²) in [4.78, 5) is 10.2. The van der Waals surface area contributed by atoms with Crippen LogP contribution < -0.4 is 5.32 Å². The highest BCUT2D eigenvalue weighted by atomic mass is 16.1. The van der Waals surface area contributed by atoms with Crippen molar-refractivity contribution in [3.8, 4) is 0 Å². The predicted octanol–water partition coefficient (Wildman–Crippen LogP) is -0.518. The molecule has 1 aromatic rings. The van der Waals surface area contributed by atoms with Gasteiger partial charge in [-0.2, -0.15) is 15.4 Å². The lowest BCUT2D eigenvalue weighted by molar-refractivity contribution is -0.109. The van der Waals surface area contributed by atoms with Crippen LogP contribution >= 0.6 is 0 Å². The van der Waals surface area contributed by atoms with E-state index in [0.29, 0.717) is 6.54 Å². The third kappa shape index (κ3) is 2.46. The Morgan fingerprint density at radius 3 is 3.27 bits per heavy atom. The molecule has 1 atom stereocenters. The molecule has 0 fully saturated rings. The first-order chi connectivity index (χ1) is 5.33. The maximum absolute atomic E-state index is 10.2. The summed E-state index contributed by atoms with van der Waals surface area (Å²) in [6, 6.07) is -0.133. The van der Waals surface area contributed by atoms with Crippen molar-refractivity contribution < 1.29 is 4.79 Å². The van der Waals surface area contributed by atoms with E-state index in [9.17, 15) is 4.79 Å². The van der Waals surface area contributed by atoms with Gasteiger partial charge in [0.15, 0.2) is 0 Å². The molecule has 0 aromatic carbocycles. The fourth-order valence-corrected chi connectivity index (χ4v) is 0.624. The van der Waals surface area contributed by atoms with Gasteiger partial charge in [0.25, 0.3) is 0 Å². The molecule has 0 bridgehead atoms. The zero-order chi connectivity index (χ0) is 8.10. The second-order valence-electron chi connectivity index (χ2n) is 2.27. The van der Waals surface area contributed by atoms with Gasteiger partial charge in [-0.05, 0) is 6.92 Å². The average Bonchev–Trinajstić information content (AvgIpc) is 2.52. The molecule has 0 amide bonds. The third-order valence-corrected chi connectivity index (χ3v) is 1.27. The number of hydrogen-bond acceptors (Lipinski definition) is 4. The maximum atomic E-state index is 10.2. The van der Waals surface area contributed by atoms with Crippen molar-refractivity contribution in [2.75, 3.05) is 0 Å². The molecular weight excluding hydrogens is 144 g/mol. The van der Waals surface area contributed by atoms with Crippen LogP contribution in [-0.4, -0.2) is 27.7 Å². The molecular formula is C6H10N4O. The van der Waals surface area contributed by atoms with E-state index in [1.807, 2.05) is 0 Å². The molecule has 0 spiro atoms. The second-order valence-corrected chi connectivity index (χ2v) is 2.27. The van der Waals surface area contributed by atoms with E-state index in [0.717, 1.165) is 12.0 Å². The lowest BCUT2D eigenvalue weighted by Gasteiger charge is -2.02. The van der Waals surface area contributed by atoms with Crippen LogP contribution in [0.1, 0.15) is 12.6 Å². The normalized spacial score (nSPS) is 12.8. The van der Waals surface area contributed by atoms with E-state index in [1.165, 1.54) is 0 Å². The number of H-pyrrole nitrogens is 1. The number of aldehydes is 1. The van der Waals surface area contributed by atoms with Gasteiger partial charge in [0, 0.05) is 6.54 Å².